The molecule has 0 atom stereocenters. The molecule has 1 spiro atoms. The zero-order chi connectivity index (χ0) is 9.43. The summed E-state index contributed by atoms with van der Waals surface area (Å²) in [6, 6.07) is 0. The van der Waals surface area contributed by atoms with Crippen LogP contribution in [0.15, 0.2) is 23.4 Å². The van der Waals surface area contributed by atoms with Crippen molar-refractivity contribution in [1.29, 1.82) is 0 Å². The molecule has 0 unspecified atom stereocenters. The first-order valence-corrected chi connectivity index (χ1v) is 6.05. The third-order valence-electron chi connectivity index (χ3n) is 4.19. The Morgan fingerprint density at radius 3 is 2.86 bits per heavy atom. The summed E-state index contributed by atoms with van der Waals surface area (Å²) in [4.78, 5) is 0. The maximum absolute atomic E-state index is 3.65. The molecule has 1 nitrogen and oxygen atoms in total. The molecule has 14 heavy (non-hydrogen) atoms. The van der Waals surface area contributed by atoms with Crippen LogP contribution >= 0.6 is 0 Å². The van der Waals surface area contributed by atoms with Crippen molar-refractivity contribution in [3.8, 4) is 0 Å². The van der Waals surface area contributed by atoms with Crippen LogP contribution in [0, 0.1) is 5.41 Å². The molecule has 1 aliphatic heterocycles. The van der Waals surface area contributed by atoms with Crippen LogP contribution < -0.4 is 5.32 Å². The largest absolute Gasteiger partial charge is 0.387 e. The second kappa shape index (κ2) is 3.15. The van der Waals surface area contributed by atoms with Crippen molar-refractivity contribution < 1.29 is 0 Å². The Balaban J connectivity index is 1.93. The number of hydrogen-bond acceptors (Lipinski definition) is 1. The van der Waals surface area contributed by atoms with Gasteiger partial charge >= 0.3 is 0 Å². The van der Waals surface area contributed by atoms with E-state index in [0.717, 1.165) is 0 Å². The summed E-state index contributed by atoms with van der Waals surface area (Å²) < 4.78 is 0. The lowest BCUT2D eigenvalue weighted by molar-refractivity contribution is 0.259. The van der Waals surface area contributed by atoms with E-state index in [1.165, 1.54) is 51.5 Å². The molecule has 0 aromatic carbocycles. The van der Waals surface area contributed by atoms with E-state index in [1.54, 1.807) is 11.3 Å². The van der Waals surface area contributed by atoms with Gasteiger partial charge < -0.3 is 5.32 Å². The number of hydrogen-bond donors (Lipinski definition) is 1. The zero-order valence-electron chi connectivity index (χ0n) is 8.81. The first-order chi connectivity index (χ1) is 6.91. The van der Waals surface area contributed by atoms with Crippen LogP contribution in [0.2, 0.25) is 0 Å². The van der Waals surface area contributed by atoms with E-state index >= 15 is 0 Å². The van der Waals surface area contributed by atoms with Crippen molar-refractivity contribution in [1.82, 2.24) is 5.32 Å². The predicted octanol–water partition coefficient (Wildman–Crippen LogP) is 3.14. The van der Waals surface area contributed by atoms with Gasteiger partial charge in [-0.3, -0.25) is 0 Å². The maximum atomic E-state index is 3.65. The third-order valence-corrected chi connectivity index (χ3v) is 4.19. The van der Waals surface area contributed by atoms with Crippen LogP contribution in [-0.4, -0.2) is 6.54 Å². The first kappa shape index (κ1) is 8.58. The molecule has 1 fully saturated rings. The van der Waals surface area contributed by atoms with Gasteiger partial charge in [0.15, 0.2) is 0 Å². The lowest BCUT2D eigenvalue weighted by Crippen LogP contribution is -2.29. The molecule has 3 aliphatic rings. The summed E-state index contributed by atoms with van der Waals surface area (Å²) in [5.74, 6) is 0. The normalized spacial score (nSPS) is 29.1. The molecule has 76 valence electrons. The Kier molecular flexibility index (Phi) is 1.93. The Hall–Kier alpha value is -0.720. The third kappa shape index (κ3) is 1.14. The summed E-state index contributed by atoms with van der Waals surface area (Å²) in [5.41, 5.74) is 3.78. The summed E-state index contributed by atoms with van der Waals surface area (Å²) in [7, 11) is 0. The Bertz CT molecular complexity index is 292. The van der Waals surface area contributed by atoms with Crippen molar-refractivity contribution >= 4 is 0 Å². The molecule has 3 rings (SSSR count). The Labute approximate surface area is 86.3 Å². The SMILES string of the molecule is C1=CC2=C(CC1)NCC21CCCCC1. The van der Waals surface area contributed by atoms with E-state index in [1.807, 2.05) is 0 Å². The Morgan fingerprint density at radius 1 is 1.14 bits per heavy atom. The van der Waals surface area contributed by atoms with Crippen LogP contribution in [-0.2, 0) is 0 Å². The van der Waals surface area contributed by atoms with Gasteiger partial charge in [-0.2, -0.15) is 0 Å². The zero-order valence-corrected chi connectivity index (χ0v) is 8.81. The summed E-state index contributed by atoms with van der Waals surface area (Å²) in [6.07, 6.45) is 14.4. The van der Waals surface area contributed by atoms with Crippen molar-refractivity contribution in [2.75, 3.05) is 6.54 Å². The first-order valence-electron chi connectivity index (χ1n) is 6.05. The van der Waals surface area contributed by atoms with Crippen LogP contribution in [0.1, 0.15) is 44.9 Å². The molecule has 0 bridgehead atoms. The van der Waals surface area contributed by atoms with E-state index in [-0.39, 0.29) is 0 Å². The van der Waals surface area contributed by atoms with Crippen molar-refractivity contribution in [2.24, 2.45) is 5.41 Å². The predicted molar refractivity (Wildman–Crippen MR) is 58.9 cm³/mol. The minimum Gasteiger partial charge on any atom is -0.387 e. The molecule has 0 aromatic heterocycles. The van der Waals surface area contributed by atoms with Gasteiger partial charge in [0.1, 0.15) is 0 Å². The highest BCUT2D eigenvalue weighted by Gasteiger charge is 2.40. The fourth-order valence-corrected chi connectivity index (χ4v) is 3.39. The lowest BCUT2D eigenvalue weighted by Gasteiger charge is -2.34. The fraction of sp³-hybridized carbons (Fsp3) is 0.692. The van der Waals surface area contributed by atoms with Crippen LogP contribution in [0.5, 0.6) is 0 Å². The quantitative estimate of drug-likeness (QED) is 0.617. The van der Waals surface area contributed by atoms with Gasteiger partial charge in [-0.1, -0.05) is 31.4 Å². The smallest absolute Gasteiger partial charge is 0.0241 e. The molecule has 0 aromatic rings. The average Bonchev–Trinajstić information content (AvgIpc) is 2.60. The van der Waals surface area contributed by atoms with Gasteiger partial charge in [0.25, 0.3) is 0 Å². The van der Waals surface area contributed by atoms with E-state index in [4.69, 9.17) is 0 Å². The van der Waals surface area contributed by atoms with Crippen LogP contribution in [0.4, 0.5) is 0 Å². The monoisotopic (exact) mass is 189 g/mol. The second-order valence-electron chi connectivity index (χ2n) is 5.03. The minimum absolute atomic E-state index is 0.546. The van der Waals surface area contributed by atoms with Gasteiger partial charge in [-0.05, 0) is 31.3 Å². The highest BCUT2D eigenvalue weighted by molar-refractivity contribution is 5.39. The summed E-state index contributed by atoms with van der Waals surface area (Å²) >= 11 is 0. The minimum atomic E-state index is 0.546. The van der Waals surface area contributed by atoms with E-state index < -0.39 is 0 Å². The lowest BCUT2D eigenvalue weighted by atomic mass is 9.69. The van der Waals surface area contributed by atoms with Gasteiger partial charge in [0.05, 0.1) is 0 Å². The van der Waals surface area contributed by atoms with Gasteiger partial charge in [0, 0.05) is 17.7 Å². The average molecular weight is 189 g/mol. The van der Waals surface area contributed by atoms with Gasteiger partial charge in [-0.25, -0.2) is 0 Å². The Morgan fingerprint density at radius 2 is 2.00 bits per heavy atom. The fourth-order valence-electron chi connectivity index (χ4n) is 3.39. The molecule has 1 saturated carbocycles. The number of nitrogens with one attached hydrogen (secondary N) is 1. The summed E-state index contributed by atoms with van der Waals surface area (Å²) in [5, 5.41) is 3.65. The van der Waals surface area contributed by atoms with Gasteiger partial charge in [-0.15, -0.1) is 0 Å². The highest BCUT2D eigenvalue weighted by atomic mass is 14.9. The van der Waals surface area contributed by atoms with Gasteiger partial charge in [0.2, 0.25) is 0 Å². The van der Waals surface area contributed by atoms with Crippen molar-refractivity contribution in [3.63, 3.8) is 0 Å². The molecular weight excluding hydrogens is 170 g/mol. The number of fused-ring (bicyclic) bond motifs is 1. The molecule has 1 heterocycles. The molecule has 1 N–H and O–H groups in total. The van der Waals surface area contributed by atoms with E-state index in [0.29, 0.717) is 5.41 Å². The van der Waals surface area contributed by atoms with E-state index in [9.17, 15) is 0 Å². The molecule has 0 saturated heterocycles. The highest BCUT2D eigenvalue weighted by Crippen LogP contribution is 2.48. The molecule has 1 heteroatoms. The molecule has 0 amide bonds. The molecule has 0 radical (unpaired) electrons. The molecule has 2 aliphatic carbocycles. The number of allylic oxidation sites excluding steroid dienone is 3. The summed E-state index contributed by atoms with van der Waals surface area (Å²) in [6.45, 7) is 1.22. The maximum Gasteiger partial charge on any atom is 0.0241 e. The van der Waals surface area contributed by atoms with Crippen LogP contribution in [0.25, 0.3) is 0 Å². The van der Waals surface area contributed by atoms with E-state index in [2.05, 4.69) is 17.5 Å². The second-order valence-corrected chi connectivity index (χ2v) is 5.03. The van der Waals surface area contributed by atoms with Crippen molar-refractivity contribution in [3.05, 3.63) is 23.4 Å². The van der Waals surface area contributed by atoms with Crippen LogP contribution in [0.3, 0.4) is 0 Å². The standard InChI is InChI=1S/C13H19N/c1-4-8-13(9-5-1)10-14-12-7-3-2-6-11(12)13/h2,6,14H,1,3-5,7-10H2. The topological polar surface area (TPSA) is 12.0 Å². The number of rotatable bonds is 0. The van der Waals surface area contributed by atoms with Crippen molar-refractivity contribution in [2.45, 2.75) is 44.9 Å². The molecular formula is C13H19N.